The van der Waals surface area contributed by atoms with E-state index in [0.29, 0.717) is 6.54 Å². The summed E-state index contributed by atoms with van der Waals surface area (Å²) in [4.78, 5) is 1.40. The van der Waals surface area contributed by atoms with E-state index < -0.39 is 0 Å². The van der Waals surface area contributed by atoms with Crippen molar-refractivity contribution in [2.75, 3.05) is 0 Å². The molecule has 0 aromatic heterocycles. The van der Waals surface area contributed by atoms with Crippen molar-refractivity contribution in [1.82, 2.24) is 0 Å². The maximum atomic E-state index is 5.56. The summed E-state index contributed by atoms with van der Waals surface area (Å²) in [6.07, 6.45) is 5.61. The molecule has 14 heavy (non-hydrogen) atoms. The van der Waals surface area contributed by atoms with Gasteiger partial charge in [0.1, 0.15) is 0 Å². The Bertz CT molecular complexity index is 275. The van der Waals surface area contributed by atoms with Gasteiger partial charge in [0.05, 0.1) is 0 Å². The van der Waals surface area contributed by atoms with E-state index in [9.17, 15) is 0 Å². The fourth-order valence-corrected chi connectivity index (χ4v) is 3.15. The minimum atomic E-state index is 0.647. The Morgan fingerprint density at radius 2 is 1.79 bits per heavy atom. The summed E-state index contributed by atoms with van der Waals surface area (Å²) >= 11 is 2.03. The first-order chi connectivity index (χ1) is 6.88. The summed E-state index contributed by atoms with van der Waals surface area (Å²) in [5.41, 5.74) is 6.78. The van der Waals surface area contributed by atoms with Crippen molar-refractivity contribution >= 4 is 11.8 Å². The summed E-state index contributed by atoms with van der Waals surface area (Å²) in [5, 5.41) is 0.860. The zero-order valence-corrected chi connectivity index (χ0v) is 9.22. The molecule has 2 heteroatoms. The predicted molar refractivity (Wildman–Crippen MR) is 62.4 cm³/mol. The molecular weight excluding hydrogens is 190 g/mol. The van der Waals surface area contributed by atoms with Crippen molar-refractivity contribution in [3.05, 3.63) is 29.8 Å². The van der Waals surface area contributed by atoms with Gasteiger partial charge in [-0.25, -0.2) is 0 Å². The molecular formula is C12H17NS. The van der Waals surface area contributed by atoms with E-state index in [-0.39, 0.29) is 0 Å². The molecule has 1 saturated carbocycles. The van der Waals surface area contributed by atoms with Crippen LogP contribution >= 0.6 is 11.8 Å². The van der Waals surface area contributed by atoms with Gasteiger partial charge in [0.2, 0.25) is 0 Å². The normalized spacial score (nSPS) is 17.5. The Hall–Kier alpha value is -0.470. The van der Waals surface area contributed by atoms with Crippen LogP contribution in [0.3, 0.4) is 0 Å². The first kappa shape index (κ1) is 10.1. The largest absolute Gasteiger partial charge is 0.326 e. The molecule has 1 aromatic rings. The van der Waals surface area contributed by atoms with Gasteiger partial charge in [-0.05, 0) is 30.5 Å². The molecule has 1 fully saturated rings. The molecule has 1 aromatic carbocycles. The van der Waals surface area contributed by atoms with Crippen LogP contribution in [0, 0.1) is 0 Å². The standard InChI is InChI=1S/C12H17NS/c13-9-10-5-7-12(8-6-10)14-11-3-1-2-4-11/h5-8,11H,1-4,9,13H2. The number of hydrogen-bond donors (Lipinski definition) is 1. The Kier molecular flexibility index (Phi) is 3.49. The number of benzene rings is 1. The second-order valence-corrected chi connectivity index (χ2v) is 5.25. The summed E-state index contributed by atoms with van der Waals surface area (Å²) in [7, 11) is 0. The minimum absolute atomic E-state index is 0.647. The highest BCUT2D eigenvalue weighted by Crippen LogP contribution is 2.34. The third-order valence-corrected chi connectivity index (χ3v) is 4.11. The molecule has 2 rings (SSSR count). The van der Waals surface area contributed by atoms with Gasteiger partial charge in [-0.3, -0.25) is 0 Å². The van der Waals surface area contributed by atoms with Gasteiger partial charge >= 0.3 is 0 Å². The maximum Gasteiger partial charge on any atom is 0.0178 e. The second kappa shape index (κ2) is 4.85. The van der Waals surface area contributed by atoms with Crippen molar-refractivity contribution in [3.8, 4) is 0 Å². The molecule has 0 radical (unpaired) electrons. The first-order valence-electron chi connectivity index (χ1n) is 5.34. The average Bonchev–Trinajstić information content (AvgIpc) is 2.72. The number of nitrogens with two attached hydrogens (primary N) is 1. The van der Waals surface area contributed by atoms with E-state index in [1.807, 2.05) is 11.8 Å². The highest BCUT2D eigenvalue weighted by atomic mass is 32.2. The van der Waals surface area contributed by atoms with Crippen LogP contribution in [-0.4, -0.2) is 5.25 Å². The van der Waals surface area contributed by atoms with Crippen LogP contribution in [0.5, 0.6) is 0 Å². The fourth-order valence-electron chi connectivity index (χ4n) is 1.90. The van der Waals surface area contributed by atoms with Crippen molar-refractivity contribution < 1.29 is 0 Å². The van der Waals surface area contributed by atoms with Gasteiger partial charge in [0, 0.05) is 16.7 Å². The Balaban J connectivity index is 1.95. The lowest BCUT2D eigenvalue weighted by molar-refractivity contribution is 0.886. The number of rotatable bonds is 3. The van der Waals surface area contributed by atoms with E-state index in [0.717, 1.165) is 5.25 Å². The van der Waals surface area contributed by atoms with Crippen LogP contribution < -0.4 is 5.73 Å². The van der Waals surface area contributed by atoms with E-state index in [1.54, 1.807) is 0 Å². The summed E-state index contributed by atoms with van der Waals surface area (Å²) < 4.78 is 0. The van der Waals surface area contributed by atoms with Gasteiger partial charge in [-0.1, -0.05) is 25.0 Å². The van der Waals surface area contributed by atoms with Gasteiger partial charge in [-0.15, -0.1) is 11.8 Å². The smallest absolute Gasteiger partial charge is 0.0178 e. The number of thioether (sulfide) groups is 1. The molecule has 2 N–H and O–H groups in total. The fraction of sp³-hybridized carbons (Fsp3) is 0.500. The van der Waals surface area contributed by atoms with E-state index in [1.165, 1.54) is 36.1 Å². The summed E-state index contributed by atoms with van der Waals surface area (Å²) in [6.45, 7) is 0.647. The van der Waals surface area contributed by atoms with Gasteiger partial charge in [0.25, 0.3) is 0 Å². The highest BCUT2D eigenvalue weighted by Gasteiger charge is 2.15. The van der Waals surface area contributed by atoms with Gasteiger partial charge in [-0.2, -0.15) is 0 Å². The molecule has 1 aliphatic carbocycles. The quantitative estimate of drug-likeness (QED) is 0.824. The molecule has 0 bridgehead atoms. The van der Waals surface area contributed by atoms with Crippen molar-refractivity contribution in [1.29, 1.82) is 0 Å². The predicted octanol–water partition coefficient (Wildman–Crippen LogP) is 3.18. The molecule has 76 valence electrons. The molecule has 1 nitrogen and oxygen atoms in total. The van der Waals surface area contributed by atoms with E-state index in [4.69, 9.17) is 5.73 Å². The maximum absolute atomic E-state index is 5.56. The molecule has 0 atom stereocenters. The molecule has 0 aliphatic heterocycles. The summed E-state index contributed by atoms with van der Waals surface area (Å²) in [5.74, 6) is 0. The lowest BCUT2D eigenvalue weighted by atomic mass is 10.2. The Labute approximate surface area is 90.1 Å². The lowest BCUT2D eigenvalue weighted by Crippen LogP contribution is -1.96. The summed E-state index contributed by atoms with van der Waals surface area (Å²) in [6, 6.07) is 8.67. The zero-order chi connectivity index (χ0) is 9.80. The van der Waals surface area contributed by atoms with Crippen LogP contribution in [0.4, 0.5) is 0 Å². The van der Waals surface area contributed by atoms with E-state index in [2.05, 4.69) is 24.3 Å². The second-order valence-electron chi connectivity index (χ2n) is 3.87. The SMILES string of the molecule is NCc1ccc(SC2CCCC2)cc1. The van der Waals surface area contributed by atoms with Crippen LogP contribution in [-0.2, 0) is 6.54 Å². The van der Waals surface area contributed by atoms with Crippen LogP contribution in [0.1, 0.15) is 31.2 Å². The average molecular weight is 207 g/mol. The van der Waals surface area contributed by atoms with Crippen LogP contribution in [0.2, 0.25) is 0 Å². The minimum Gasteiger partial charge on any atom is -0.326 e. The third kappa shape index (κ3) is 2.52. The highest BCUT2D eigenvalue weighted by molar-refractivity contribution is 8.00. The molecule has 0 heterocycles. The molecule has 0 unspecified atom stereocenters. The van der Waals surface area contributed by atoms with Crippen molar-refractivity contribution in [2.45, 2.75) is 42.4 Å². The van der Waals surface area contributed by atoms with Crippen molar-refractivity contribution in [3.63, 3.8) is 0 Å². The Morgan fingerprint density at radius 1 is 1.14 bits per heavy atom. The van der Waals surface area contributed by atoms with Gasteiger partial charge < -0.3 is 5.73 Å². The monoisotopic (exact) mass is 207 g/mol. The Morgan fingerprint density at radius 3 is 2.36 bits per heavy atom. The molecule has 0 spiro atoms. The number of hydrogen-bond acceptors (Lipinski definition) is 2. The van der Waals surface area contributed by atoms with E-state index >= 15 is 0 Å². The van der Waals surface area contributed by atoms with Crippen molar-refractivity contribution in [2.24, 2.45) is 5.73 Å². The molecule has 1 aliphatic rings. The van der Waals surface area contributed by atoms with Gasteiger partial charge in [0.15, 0.2) is 0 Å². The zero-order valence-electron chi connectivity index (χ0n) is 8.41. The topological polar surface area (TPSA) is 26.0 Å². The lowest BCUT2D eigenvalue weighted by Gasteiger charge is -2.08. The molecule has 0 amide bonds. The molecule has 0 saturated heterocycles. The van der Waals surface area contributed by atoms with Crippen LogP contribution in [0.25, 0.3) is 0 Å². The first-order valence-corrected chi connectivity index (χ1v) is 6.22. The van der Waals surface area contributed by atoms with Crippen LogP contribution in [0.15, 0.2) is 29.2 Å². The third-order valence-electron chi connectivity index (χ3n) is 2.76.